The summed E-state index contributed by atoms with van der Waals surface area (Å²) in [7, 11) is 3.26. The van der Waals surface area contributed by atoms with Gasteiger partial charge in [-0.05, 0) is 24.5 Å². The van der Waals surface area contributed by atoms with Crippen LogP contribution in [0.5, 0.6) is 11.5 Å². The maximum absolute atomic E-state index is 6.34. The number of para-hydroxylation sites is 1. The summed E-state index contributed by atoms with van der Waals surface area (Å²) in [6.45, 7) is 3.18. The van der Waals surface area contributed by atoms with Gasteiger partial charge in [0, 0.05) is 18.5 Å². The number of nitrogen functional groups attached to an aromatic ring is 1. The molecule has 1 aromatic carbocycles. The standard InChI is InChI=1S/C16H21N3O2/c1-10-7-8-13-18-14(16(17)19(13)9-10)11-5-4-6-12(20-2)15(11)21-3/h4-6,10H,7-9,17H2,1-3H3. The van der Waals surface area contributed by atoms with E-state index in [-0.39, 0.29) is 0 Å². The number of hydrogen-bond acceptors (Lipinski definition) is 4. The van der Waals surface area contributed by atoms with Crippen LogP contribution < -0.4 is 15.2 Å². The van der Waals surface area contributed by atoms with E-state index in [1.165, 1.54) is 0 Å². The van der Waals surface area contributed by atoms with Crippen molar-refractivity contribution in [3.8, 4) is 22.8 Å². The van der Waals surface area contributed by atoms with Gasteiger partial charge in [-0.1, -0.05) is 13.0 Å². The molecule has 112 valence electrons. The van der Waals surface area contributed by atoms with Gasteiger partial charge in [0.05, 0.1) is 14.2 Å². The lowest BCUT2D eigenvalue weighted by atomic mass is 10.0. The third-order valence-electron chi connectivity index (χ3n) is 4.10. The van der Waals surface area contributed by atoms with Crippen LogP contribution in [-0.2, 0) is 13.0 Å². The average Bonchev–Trinajstić information content (AvgIpc) is 2.83. The number of benzene rings is 1. The molecule has 3 rings (SSSR count). The summed E-state index contributed by atoms with van der Waals surface area (Å²) in [5.74, 6) is 3.77. The van der Waals surface area contributed by atoms with Crippen molar-refractivity contribution in [3.05, 3.63) is 24.0 Å². The number of imidazole rings is 1. The smallest absolute Gasteiger partial charge is 0.170 e. The Hall–Kier alpha value is -2.17. The highest BCUT2D eigenvalue weighted by Gasteiger charge is 2.24. The van der Waals surface area contributed by atoms with E-state index in [1.807, 2.05) is 18.2 Å². The molecule has 2 aromatic rings. The first-order valence-corrected chi connectivity index (χ1v) is 7.22. The number of anilines is 1. The summed E-state index contributed by atoms with van der Waals surface area (Å²) in [6, 6.07) is 5.77. The summed E-state index contributed by atoms with van der Waals surface area (Å²) < 4.78 is 13.0. The summed E-state index contributed by atoms with van der Waals surface area (Å²) in [4.78, 5) is 4.74. The van der Waals surface area contributed by atoms with Crippen LogP contribution in [0.25, 0.3) is 11.3 Å². The predicted molar refractivity (Wildman–Crippen MR) is 82.7 cm³/mol. The van der Waals surface area contributed by atoms with Gasteiger partial charge in [0.2, 0.25) is 0 Å². The van der Waals surface area contributed by atoms with E-state index in [0.29, 0.717) is 23.2 Å². The van der Waals surface area contributed by atoms with Gasteiger partial charge in [0.25, 0.3) is 0 Å². The number of rotatable bonds is 3. The molecule has 0 amide bonds. The van der Waals surface area contributed by atoms with Gasteiger partial charge in [-0.25, -0.2) is 4.98 Å². The zero-order chi connectivity index (χ0) is 15.0. The van der Waals surface area contributed by atoms with Gasteiger partial charge in [-0.15, -0.1) is 0 Å². The van der Waals surface area contributed by atoms with Crippen molar-refractivity contribution in [2.75, 3.05) is 20.0 Å². The lowest BCUT2D eigenvalue weighted by Crippen LogP contribution is -2.19. The van der Waals surface area contributed by atoms with Crippen LogP contribution in [0.2, 0.25) is 0 Å². The van der Waals surface area contributed by atoms with Crippen LogP contribution in [0.3, 0.4) is 0 Å². The van der Waals surface area contributed by atoms with E-state index in [0.717, 1.165) is 36.5 Å². The Morgan fingerprint density at radius 1 is 1.29 bits per heavy atom. The van der Waals surface area contributed by atoms with Gasteiger partial charge in [0.1, 0.15) is 17.3 Å². The monoisotopic (exact) mass is 287 g/mol. The highest BCUT2D eigenvalue weighted by atomic mass is 16.5. The second-order valence-corrected chi connectivity index (χ2v) is 5.56. The zero-order valence-corrected chi connectivity index (χ0v) is 12.7. The van der Waals surface area contributed by atoms with Crippen molar-refractivity contribution in [1.82, 2.24) is 9.55 Å². The third-order valence-corrected chi connectivity index (χ3v) is 4.10. The normalized spacial score (nSPS) is 17.4. The largest absolute Gasteiger partial charge is 0.493 e. The predicted octanol–water partition coefficient (Wildman–Crippen LogP) is 2.73. The van der Waals surface area contributed by atoms with Crippen LogP contribution in [0.15, 0.2) is 18.2 Å². The molecule has 1 aliphatic heterocycles. The molecular weight excluding hydrogens is 266 g/mol. The fourth-order valence-corrected chi connectivity index (χ4v) is 2.96. The Labute approximate surface area is 124 Å². The van der Waals surface area contributed by atoms with Crippen molar-refractivity contribution in [2.45, 2.75) is 26.3 Å². The Morgan fingerprint density at radius 2 is 2.10 bits per heavy atom. The van der Waals surface area contributed by atoms with E-state index in [1.54, 1.807) is 14.2 Å². The molecule has 0 saturated carbocycles. The van der Waals surface area contributed by atoms with Gasteiger partial charge < -0.3 is 19.8 Å². The number of aryl methyl sites for hydroxylation is 1. The number of hydrogen-bond donors (Lipinski definition) is 1. The van der Waals surface area contributed by atoms with Crippen molar-refractivity contribution in [2.24, 2.45) is 5.92 Å². The Balaban J connectivity index is 2.14. The molecule has 1 unspecified atom stereocenters. The molecule has 1 aromatic heterocycles. The first-order chi connectivity index (χ1) is 10.2. The summed E-state index contributed by atoms with van der Waals surface area (Å²) in [5, 5.41) is 0. The van der Waals surface area contributed by atoms with Crippen LogP contribution in [0.4, 0.5) is 5.82 Å². The molecule has 0 saturated heterocycles. The molecule has 21 heavy (non-hydrogen) atoms. The fourth-order valence-electron chi connectivity index (χ4n) is 2.96. The fraction of sp³-hybridized carbons (Fsp3) is 0.438. The highest BCUT2D eigenvalue weighted by Crippen LogP contribution is 2.40. The van der Waals surface area contributed by atoms with Crippen molar-refractivity contribution < 1.29 is 9.47 Å². The number of nitrogens with two attached hydrogens (primary N) is 1. The van der Waals surface area contributed by atoms with Crippen molar-refractivity contribution in [1.29, 1.82) is 0 Å². The molecule has 2 N–H and O–H groups in total. The van der Waals surface area contributed by atoms with E-state index in [9.17, 15) is 0 Å². The van der Waals surface area contributed by atoms with Crippen LogP contribution in [0.1, 0.15) is 19.2 Å². The summed E-state index contributed by atoms with van der Waals surface area (Å²) >= 11 is 0. The lowest BCUT2D eigenvalue weighted by Gasteiger charge is -2.20. The second-order valence-electron chi connectivity index (χ2n) is 5.56. The Kier molecular flexibility index (Phi) is 3.49. The first kappa shape index (κ1) is 13.8. The first-order valence-electron chi connectivity index (χ1n) is 7.22. The van der Waals surface area contributed by atoms with Crippen molar-refractivity contribution >= 4 is 5.82 Å². The number of fused-ring (bicyclic) bond motifs is 1. The molecule has 5 nitrogen and oxygen atoms in total. The molecule has 2 heterocycles. The molecule has 0 bridgehead atoms. The maximum atomic E-state index is 6.34. The molecule has 0 spiro atoms. The van der Waals surface area contributed by atoms with Crippen LogP contribution >= 0.6 is 0 Å². The zero-order valence-electron chi connectivity index (χ0n) is 12.7. The van der Waals surface area contributed by atoms with Gasteiger partial charge >= 0.3 is 0 Å². The van der Waals surface area contributed by atoms with E-state index in [2.05, 4.69) is 11.5 Å². The lowest BCUT2D eigenvalue weighted by molar-refractivity contribution is 0.356. The molecule has 0 radical (unpaired) electrons. The highest BCUT2D eigenvalue weighted by molar-refractivity contribution is 5.78. The third kappa shape index (κ3) is 2.22. The number of methoxy groups -OCH3 is 2. The SMILES string of the molecule is COc1cccc(-c2nc3n(c2N)CC(C)CC3)c1OC. The molecular formula is C16H21N3O2. The Morgan fingerprint density at radius 3 is 2.81 bits per heavy atom. The number of nitrogens with zero attached hydrogens (tertiary/aromatic N) is 2. The van der Waals surface area contributed by atoms with Crippen molar-refractivity contribution in [3.63, 3.8) is 0 Å². The maximum Gasteiger partial charge on any atom is 0.170 e. The van der Waals surface area contributed by atoms with Gasteiger partial charge in [-0.2, -0.15) is 0 Å². The van der Waals surface area contributed by atoms with Crippen LogP contribution in [-0.4, -0.2) is 23.8 Å². The molecule has 0 aliphatic carbocycles. The Bertz CT molecular complexity index is 664. The van der Waals surface area contributed by atoms with E-state index < -0.39 is 0 Å². The van der Waals surface area contributed by atoms with E-state index in [4.69, 9.17) is 20.2 Å². The van der Waals surface area contributed by atoms with Crippen LogP contribution in [0, 0.1) is 5.92 Å². The summed E-state index contributed by atoms with van der Waals surface area (Å²) in [5.41, 5.74) is 8.00. The average molecular weight is 287 g/mol. The van der Waals surface area contributed by atoms with Gasteiger partial charge in [0.15, 0.2) is 11.5 Å². The number of ether oxygens (including phenoxy) is 2. The molecule has 1 atom stereocenters. The molecule has 1 aliphatic rings. The topological polar surface area (TPSA) is 62.3 Å². The minimum absolute atomic E-state index is 0.633. The number of aromatic nitrogens is 2. The molecule has 5 heteroatoms. The molecule has 0 fully saturated rings. The quantitative estimate of drug-likeness (QED) is 0.943. The minimum atomic E-state index is 0.633. The minimum Gasteiger partial charge on any atom is -0.493 e. The van der Waals surface area contributed by atoms with E-state index >= 15 is 0 Å². The van der Waals surface area contributed by atoms with Gasteiger partial charge in [-0.3, -0.25) is 0 Å². The second kappa shape index (κ2) is 5.31. The summed E-state index contributed by atoms with van der Waals surface area (Å²) in [6.07, 6.45) is 2.13.